The first-order valence-electron chi connectivity index (χ1n) is 10.2. The van der Waals surface area contributed by atoms with Crippen LogP contribution in [0.1, 0.15) is 12.8 Å². The molecule has 5 rings (SSSR count). The summed E-state index contributed by atoms with van der Waals surface area (Å²) < 4.78 is 27.8. The van der Waals surface area contributed by atoms with Crippen LogP contribution in [0.4, 0.5) is 0 Å². The number of rotatable bonds is 6. The van der Waals surface area contributed by atoms with Crippen molar-refractivity contribution in [2.75, 3.05) is 59.4 Å². The van der Waals surface area contributed by atoms with E-state index in [4.69, 9.17) is 0 Å². The van der Waals surface area contributed by atoms with Crippen molar-refractivity contribution >= 4 is 10.0 Å². The lowest BCUT2D eigenvalue weighted by Gasteiger charge is -2.51. The zero-order valence-corrected chi connectivity index (χ0v) is 17.1. The van der Waals surface area contributed by atoms with E-state index in [0.717, 1.165) is 31.3 Å². The molecule has 0 saturated carbocycles. The smallest absolute Gasteiger partial charge is 0.240 e. The Hall–Kier alpha value is -0.990. The number of fused-ring (bicyclic) bond motifs is 3. The standard InChI is InChI=1S/C20H32N4O2S/c1-22-9-11-23(12-10-22)15-18-16-24-8-7-17(18)13-19(24)14-21-27(25,26)20-5-3-2-4-6-20/h2-6,17-19,21H,7-16H2,1H3/t17-,18-,19+/m0/s1. The third kappa shape index (κ3) is 4.54. The van der Waals surface area contributed by atoms with Gasteiger partial charge >= 0.3 is 0 Å². The van der Waals surface area contributed by atoms with E-state index in [1.807, 2.05) is 6.07 Å². The lowest BCUT2D eigenvalue weighted by molar-refractivity contribution is -0.0149. The molecule has 4 atom stereocenters. The minimum Gasteiger partial charge on any atom is -0.304 e. The number of benzene rings is 1. The molecule has 2 bridgehead atoms. The van der Waals surface area contributed by atoms with Gasteiger partial charge in [0.2, 0.25) is 10.0 Å². The zero-order chi connectivity index (χ0) is 18.9. The van der Waals surface area contributed by atoms with E-state index < -0.39 is 10.0 Å². The maximum atomic E-state index is 12.5. The van der Waals surface area contributed by atoms with E-state index in [9.17, 15) is 8.42 Å². The highest BCUT2D eigenvalue weighted by Gasteiger charge is 2.40. The molecule has 0 amide bonds. The molecular formula is C20H32N4O2S. The minimum atomic E-state index is -3.41. The maximum Gasteiger partial charge on any atom is 0.240 e. The van der Waals surface area contributed by atoms with Crippen molar-refractivity contribution in [1.82, 2.24) is 19.4 Å². The topological polar surface area (TPSA) is 55.9 Å². The average molecular weight is 393 g/mol. The van der Waals surface area contributed by atoms with E-state index in [0.29, 0.717) is 17.5 Å². The van der Waals surface area contributed by atoms with Crippen LogP contribution in [0.5, 0.6) is 0 Å². The first kappa shape index (κ1) is 19.3. The van der Waals surface area contributed by atoms with Crippen molar-refractivity contribution < 1.29 is 8.42 Å². The number of likely N-dealkylation sites (N-methyl/N-ethyl adjacent to an activating group) is 1. The van der Waals surface area contributed by atoms with Crippen LogP contribution in [0.15, 0.2) is 35.2 Å². The van der Waals surface area contributed by atoms with Gasteiger partial charge in [-0.15, -0.1) is 0 Å². The minimum absolute atomic E-state index is 0.339. The molecule has 6 nitrogen and oxygen atoms in total. The van der Waals surface area contributed by atoms with Crippen LogP contribution in [0.25, 0.3) is 0 Å². The molecular weight excluding hydrogens is 360 g/mol. The quantitative estimate of drug-likeness (QED) is 0.780. The highest BCUT2D eigenvalue weighted by atomic mass is 32.2. The molecule has 27 heavy (non-hydrogen) atoms. The third-order valence-electron chi connectivity index (χ3n) is 6.67. The lowest BCUT2D eigenvalue weighted by Crippen LogP contribution is -2.59. The van der Waals surface area contributed by atoms with E-state index >= 15 is 0 Å². The second kappa shape index (κ2) is 8.17. The summed E-state index contributed by atoms with van der Waals surface area (Å²) in [5.41, 5.74) is 0. The Balaban J connectivity index is 1.30. The van der Waals surface area contributed by atoms with Crippen LogP contribution < -0.4 is 4.72 Å². The number of nitrogens with one attached hydrogen (secondary N) is 1. The van der Waals surface area contributed by atoms with E-state index in [1.54, 1.807) is 24.3 Å². The molecule has 1 N–H and O–H groups in total. The Bertz CT molecular complexity index is 719. The number of piperidine rings is 3. The maximum absolute atomic E-state index is 12.5. The summed E-state index contributed by atoms with van der Waals surface area (Å²) in [4.78, 5) is 7.91. The van der Waals surface area contributed by atoms with Gasteiger partial charge in [0.1, 0.15) is 0 Å². The fraction of sp³-hybridized carbons (Fsp3) is 0.700. The molecule has 0 radical (unpaired) electrons. The van der Waals surface area contributed by atoms with Crippen LogP contribution in [0.3, 0.4) is 0 Å². The Morgan fingerprint density at radius 3 is 2.48 bits per heavy atom. The normalized spacial score (nSPS) is 32.6. The third-order valence-corrected chi connectivity index (χ3v) is 8.10. The largest absolute Gasteiger partial charge is 0.304 e. The average Bonchev–Trinajstić information content (AvgIpc) is 2.70. The molecule has 1 unspecified atom stereocenters. The first-order chi connectivity index (χ1) is 13.0. The highest BCUT2D eigenvalue weighted by Crippen LogP contribution is 2.36. The molecule has 0 aliphatic carbocycles. The van der Waals surface area contributed by atoms with Gasteiger partial charge in [-0.2, -0.15) is 0 Å². The van der Waals surface area contributed by atoms with Gasteiger partial charge in [0.15, 0.2) is 0 Å². The van der Waals surface area contributed by atoms with Crippen molar-refractivity contribution in [3.8, 4) is 0 Å². The van der Waals surface area contributed by atoms with Crippen LogP contribution in [-0.4, -0.2) is 88.6 Å². The lowest BCUT2D eigenvalue weighted by atomic mass is 9.75. The predicted molar refractivity (Wildman–Crippen MR) is 107 cm³/mol. The SMILES string of the molecule is CN1CCN(C[C@H]2CN3CC[C@H]2C[C@@H]3CNS(=O)(=O)c2ccccc2)CC1. The summed E-state index contributed by atoms with van der Waals surface area (Å²) in [7, 11) is -1.21. The van der Waals surface area contributed by atoms with Gasteiger partial charge in [-0.3, -0.25) is 4.90 Å². The van der Waals surface area contributed by atoms with Gasteiger partial charge in [-0.05, 0) is 50.4 Å². The Kier molecular flexibility index (Phi) is 5.85. The van der Waals surface area contributed by atoms with Crippen molar-refractivity contribution in [1.29, 1.82) is 0 Å². The van der Waals surface area contributed by atoms with Crippen LogP contribution >= 0.6 is 0 Å². The highest BCUT2D eigenvalue weighted by molar-refractivity contribution is 7.89. The summed E-state index contributed by atoms with van der Waals surface area (Å²) in [5, 5.41) is 0. The summed E-state index contributed by atoms with van der Waals surface area (Å²) in [5.74, 6) is 1.48. The number of hydrogen-bond acceptors (Lipinski definition) is 5. The predicted octanol–water partition coefficient (Wildman–Crippen LogP) is 0.923. The van der Waals surface area contributed by atoms with Gasteiger partial charge in [-0.25, -0.2) is 13.1 Å². The fourth-order valence-corrected chi connectivity index (χ4v) is 6.01. The second-order valence-corrected chi connectivity index (χ2v) is 10.2. The molecule has 150 valence electrons. The molecule has 4 aliphatic rings. The zero-order valence-electron chi connectivity index (χ0n) is 16.3. The van der Waals surface area contributed by atoms with E-state index in [-0.39, 0.29) is 0 Å². The molecule has 4 fully saturated rings. The summed E-state index contributed by atoms with van der Waals surface area (Å²) >= 11 is 0. The van der Waals surface area contributed by atoms with Crippen LogP contribution in [-0.2, 0) is 10.0 Å². The number of sulfonamides is 1. The Morgan fingerprint density at radius 2 is 1.81 bits per heavy atom. The van der Waals surface area contributed by atoms with Gasteiger partial charge in [-0.1, -0.05) is 18.2 Å². The fourth-order valence-electron chi connectivity index (χ4n) is 4.92. The van der Waals surface area contributed by atoms with E-state index in [2.05, 4.69) is 26.5 Å². The summed E-state index contributed by atoms with van der Waals surface area (Å²) in [6, 6.07) is 9.02. The van der Waals surface area contributed by atoms with Crippen molar-refractivity contribution in [3.63, 3.8) is 0 Å². The number of hydrogen-bond donors (Lipinski definition) is 1. The van der Waals surface area contributed by atoms with Gasteiger partial charge in [0, 0.05) is 51.9 Å². The molecule has 1 aromatic carbocycles. The Morgan fingerprint density at radius 1 is 1.07 bits per heavy atom. The van der Waals surface area contributed by atoms with Gasteiger partial charge in [0.25, 0.3) is 0 Å². The van der Waals surface area contributed by atoms with Crippen molar-refractivity contribution in [3.05, 3.63) is 30.3 Å². The van der Waals surface area contributed by atoms with Crippen LogP contribution in [0.2, 0.25) is 0 Å². The molecule has 0 aromatic heterocycles. The summed E-state index contributed by atoms with van der Waals surface area (Å²) in [6.45, 7) is 8.67. The number of piperazine rings is 1. The summed E-state index contributed by atoms with van der Waals surface area (Å²) in [6.07, 6.45) is 2.38. The van der Waals surface area contributed by atoms with E-state index in [1.165, 1.54) is 39.1 Å². The van der Waals surface area contributed by atoms with Gasteiger partial charge in [0.05, 0.1) is 4.90 Å². The molecule has 1 aromatic rings. The van der Waals surface area contributed by atoms with Crippen molar-refractivity contribution in [2.45, 2.75) is 23.8 Å². The molecule has 0 spiro atoms. The Labute approximate surface area is 163 Å². The molecule has 4 saturated heterocycles. The number of nitrogens with zero attached hydrogens (tertiary/aromatic N) is 3. The molecule has 4 heterocycles. The van der Waals surface area contributed by atoms with Crippen molar-refractivity contribution in [2.24, 2.45) is 11.8 Å². The van der Waals surface area contributed by atoms with Gasteiger partial charge < -0.3 is 9.80 Å². The monoisotopic (exact) mass is 392 g/mol. The second-order valence-electron chi connectivity index (χ2n) is 8.46. The molecule has 4 aliphatic heterocycles. The molecule has 7 heteroatoms. The first-order valence-corrected chi connectivity index (χ1v) is 11.7. The van der Waals surface area contributed by atoms with Crippen LogP contribution in [0, 0.1) is 11.8 Å².